The smallest absolute Gasteiger partial charge is 0.338 e. The fourth-order valence-corrected chi connectivity index (χ4v) is 3.21. The van der Waals surface area contributed by atoms with Crippen LogP contribution < -0.4 is 9.46 Å². The summed E-state index contributed by atoms with van der Waals surface area (Å²) < 4.78 is 37.0. The van der Waals surface area contributed by atoms with Crippen LogP contribution in [0.3, 0.4) is 0 Å². The lowest BCUT2D eigenvalue weighted by atomic mass is 10.2. The van der Waals surface area contributed by atoms with Crippen LogP contribution >= 0.6 is 0 Å². The summed E-state index contributed by atoms with van der Waals surface area (Å²) in [4.78, 5) is 11.6. The minimum absolute atomic E-state index is 0.0176. The van der Waals surface area contributed by atoms with Gasteiger partial charge in [0.1, 0.15) is 10.6 Å². The number of carbonyl (C=O) groups is 1. The molecule has 1 aliphatic carbocycles. The number of ether oxygens (including phenoxy) is 2. The predicted octanol–water partition coefficient (Wildman–Crippen LogP) is 1.31. The van der Waals surface area contributed by atoms with Gasteiger partial charge in [-0.25, -0.2) is 17.9 Å². The molecule has 0 atom stereocenters. The SMILES string of the molecule is CCOC(=O)c1ccc(OC)c(S(=O)(=O)NC2CC2)c1. The summed E-state index contributed by atoms with van der Waals surface area (Å²) in [5, 5.41) is 0. The van der Waals surface area contributed by atoms with Gasteiger partial charge in [0.2, 0.25) is 10.0 Å². The van der Waals surface area contributed by atoms with E-state index in [4.69, 9.17) is 9.47 Å². The highest BCUT2D eigenvalue weighted by Crippen LogP contribution is 2.28. The van der Waals surface area contributed by atoms with Crippen molar-refractivity contribution in [3.8, 4) is 5.75 Å². The second-order valence-electron chi connectivity index (χ2n) is 4.48. The Bertz CT molecular complexity index is 607. The highest BCUT2D eigenvalue weighted by molar-refractivity contribution is 7.89. The molecule has 20 heavy (non-hydrogen) atoms. The van der Waals surface area contributed by atoms with Gasteiger partial charge >= 0.3 is 5.97 Å². The summed E-state index contributed by atoms with van der Waals surface area (Å²) >= 11 is 0. The van der Waals surface area contributed by atoms with Crippen LogP contribution in [-0.2, 0) is 14.8 Å². The van der Waals surface area contributed by atoms with E-state index >= 15 is 0 Å². The number of hydrogen-bond acceptors (Lipinski definition) is 5. The Kier molecular flexibility index (Phi) is 4.29. The zero-order valence-electron chi connectivity index (χ0n) is 11.4. The Morgan fingerprint density at radius 3 is 2.65 bits per heavy atom. The van der Waals surface area contributed by atoms with Crippen molar-refractivity contribution in [1.82, 2.24) is 4.72 Å². The Hall–Kier alpha value is -1.60. The van der Waals surface area contributed by atoms with Gasteiger partial charge in [0, 0.05) is 6.04 Å². The summed E-state index contributed by atoms with van der Waals surface area (Å²) in [5.41, 5.74) is 0.184. The number of nitrogens with one attached hydrogen (secondary N) is 1. The van der Waals surface area contributed by atoms with Crippen LogP contribution in [0.2, 0.25) is 0 Å². The number of esters is 1. The fraction of sp³-hybridized carbons (Fsp3) is 0.462. The van der Waals surface area contributed by atoms with Gasteiger partial charge in [-0.3, -0.25) is 0 Å². The Morgan fingerprint density at radius 1 is 1.40 bits per heavy atom. The van der Waals surface area contributed by atoms with E-state index in [0.29, 0.717) is 0 Å². The predicted molar refractivity (Wildman–Crippen MR) is 72.3 cm³/mol. The van der Waals surface area contributed by atoms with E-state index < -0.39 is 16.0 Å². The number of methoxy groups -OCH3 is 1. The molecular formula is C13H17NO5S. The van der Waals surface area contributed by atoms with Crippen LogP contribution in [0.5, 0.6) is 5.75 Å². The molecule has 0 spiro atoms. The van der Waals surface area contributed by atoms with Gasteiger partial charge in [-0.1, -0.05) is 0 Å². The third-order valence-corrected chi connectivity index (χ3v) is 4.41. The maximum Gasteiger partial charge on any atom is 0.338 e. The maximum atomic E-state index is 12.3. The van der Waals surface area contributed by atoms with Gasteiger partial charge in [-0.15, -0.1) is 0 Å². The van der Waals surface area contributed by atoms with Gasteiger partial charge in [-0.2, -0.15) is 0 Å². The van der Waals surface area contributed by atoms with E-state index in [1.165, 1.54) is 25.3 Å². The number of carbonyl (C=O) groups excluding carboxylic acids is 1. The van der Waals surface area contributed by atoms with Crippen molar-refractivity contribution >= 4 is 16.0 Å². The quantitative estimate of drug-likeness (QED) is 0.801. The molecule has 0 saturated heterocycles. The largest absolute Gasteiger partial charge is 0.495 e. The van der Waals surface area contributed by atoms with Crippen LogP contribution in [-0.4, -0.2) is 34.1 Å². The van der Waals surface area contributed by atoms with Crippen molar-refractivity contribution in [2.24, 2.45) is 0 Å². The van der Waals surface area contributed by atoms with Crippen molar-refractivity contribution in [3.63, 3.8) is 0 Å². The molecule has 7 heteroatoms. The molecule has 0 heterocycles. The fourth-order valence-electron chi connectivity index (χ4n) is 1.71. The Morgan fingerprint density at radius 2 is 2.10 bits per heavy atom. The van der Waals surface area contributed by atoms with Crippen molar-refractivity contribution < 1.29 is 22.7 Å². The highest BCUT2D eigenvalue weighted by Gasteiger charge is 2.30. The molecule has 0 radical (unpaired) electrons. The zero-order chi connectivity index (χ0) is 14.8. The van der Waals surface area contributed by atoms with Crippen LogP contribution in [0.15, 0.2) is 23.1 Å². The average Bonchev–Trinajstić information content (AvgIpc) is 3.21. The van der Waals surface area contributed by atoms with E-state index in [2.05, 4.69) is 4.72 Å². The molecule has 1 N–H and O–H groups in total. The molecule has 0 aromatic heterocycles. The Labute approximate surface area is 118 Å². The first-order valence-electron chi connectivity index (χ1n) is 6.35. The normalized spacial score (nSPS) is 14.9. The molecule has 110 valence electrons. The molecule has 6 nitrogen and oxygen atoms in total. The van der Waals surface area contributed by atoms with E-state index in [9.17, 15) is 13.2 Å². The third-order valence-electron chi connectivity index (χ3n) is 2.86. The van der Waals surface area contributed by atoms with Crippen LogP contribution in [0.25, 0.3) is 0 Å². The lowest BCUT2D eigenvalue weighted by Gasteiger charge is -2.11. The number of rotatable bonds is 6. The van der Waals surface area contributed by atoms with E-state index in [-0.39, 0.29) is 28.9 Å². The first-order chi connectivity index (χ1) is 9.47. The summed E-state index contributed by atoms with van der Waals surface area (Å²) in [6.07, 6.45) is 1.66. The van der Waals surface area contributed by atoms with Crippen molar-refractivity contribution in [2.45, 2.75) is 30.7 Å². The highest BCUT2D eigenvalue weighted by atomic mass is 32.2. The molecule has 1 aromatic rings. The monoisotopic (exact) mass is 299 g/mol. The van der Waals surface area contributed by atoms with Crippen molar-refractivity contribution in [1.29, 1.82) is 0 Å². The van der Waals surface area contributed by atoms with Crippen LogP contribution in [0, 0.1) is 0 Å². The summed E-state index contributed by atoms with van der Waals surface area (Å²) in [7, 11) is -2.31. The van der Waals surface area contributed by atoms with E-state index in [0.717, 1.165) is 12.8 Å². The van der Waals surface area contributed by atoms with Gasteiger partial charge < -0.3 is 9.47 Å². The van der Waals surface area contributed by atoms with E-state index in [1.54, 1.807) is 6.92 Å². The summed E-state index contributed by atoms with van der Waals surface area (Å²) in [6, 6.07) is 4.19. The van der Waals surface area contributed by atoms with Gasteiger partial charge in [-0.05, 0) is 38.0 Å². The minimum atomic E-state index is -3.69. The van der Waals surface area contributed by atoms with Gasteiger partial charge in [0.15, 0.2) is 0 Å². The number of sulfonamides is 1. The molecule has 0 unspecified atom stereocenters. The molecule has 1 aromatic carbocycles. The number of benzene rings is 1. The molecule has 0 bridgehead atoms. The lowest BCUT2D eigenvalue weighted by molar-refractivity contribution is 0.0526. The minimum Gasteiger partial charge on any atom is -0.495 e. The second kappa shape index (κ2) is 5.80. The van der Waals surface area contributed by atoms with Crippen LogP contribution in [0.4, 0.5) is 0 Å². The first-order valence-corrected chi connectivity index (χ1v) is 7.83. The molecular weight excluding hydrogens is 282 g/mol. The topological polar surface area (TPSA) is 81.7 Å². The molecule has 1 fully saturated rings. The zero-order valence-corrected chi connectivity index (χ0v) is 12.2. The molecule has 0 amide bonds. The Balaban J connectivity index is 2.38. The second-order valence-corrected chi connectivity index (χ2v) is 6.16. The third kappa shape index (κ3) is 3.29. The molecule has 1 aliphatic rings. The maximum absolute atomic E-state index is 12.3. The van der Waals surface area contributed by atoms with Crippen molar-refractivity contribution in [3.05, 3.63) is 23.8 Å². The molecule has 0 aliphatic heterocycles. The van der Waals surface area contributed by atoms with Crippen LogP contribution in [0.1, 0.15) is 30.1 Å². The summed E-state index contributed by atoms with van der Waals surface area (Å²) in [5.74, 6) is -0.357. The first kappa shape index (κ1) is 14.8. The summed E-state index contributed by atoms with van der Waals surface area (Å²) in [6.45, 7) is 1.92. The average molecular weight is 299 g/mol. The van der Waals surface area contributed by atoms with Gasteiger partial charge in [0.05, 0.1) is 19.3 Å². The number of hydrogen-bond donors (Lipinski definition) is 1. The van der Waals surface area contributed by atoms with Gasteiger partial charge in [0.25, 0.3) is 0 Å². The van der Waals surface area contributed by atoms with E-state index in [1.807, 2.05) is 0 Å². The molecule has 1 saturated carbocycles. The lowest BCUT2D eigenvalue weighted by Crippen LogP contribution is -2.26. The van der Waals surface area contributed by atoms with Crippen molar-refractivity contribution in [2.75, 3.05) is 13.7 Å². The molecule has 2 rings (SSSR count). The standard InChI is InChI=1S/C13H17NO5S/c1-3-19-13(15)9-4-7-11(18-2)12(8-9)20(16,17)14-10-5-6-10/h4,7-8,10,14H,3,5-6H2,1-2H3.